The molecule has 0 spiro atoms. The molecule has 0 amide bonds. The number of nitrogens with one attached hydrogen (secondary N) is 1. The van der Waals surface area contributed by atoms with Crippen LogP contribution in [0.25, 0.3) is 0 Å². The zero-order valence-electron chi connectivity index (χ0n) is 12.0. The van der Waals surface area contributed by atoms with E-state index in [4.69, 9.17) is 0 Å². The van der Waals surface area contributed by atoms with Crippen LogP contribution in [0.15, 0.2) is 0 Å². The number of rotatable bonds is 4. The molecule has 0 radical (unpaired) electrons. The molecule has 18 heavy (non-hydrogen) atoms. The first kappa shape index (κ1) is 12.9. The Morgan fingerprint density at radius 3 is 2.50 bits per heavy atom. The van der Waals surface area contributed by atoms with Gasteiger partial charge in [-0.05, 0) is 50.4 Å². The standard InChI is InChI=1S/C16H30N2/c1-2-3-13-4-8-15(9-5-13)18-11-10-17-16(12-18)14-6-7-14/h13-17H,2-12H2,1H3. The maximum Gasteiger partial charge on any atom is 0.0223 e. The van der Waals surface area contributed by atoms with Gasteiger partial charge in [0, 0.05) is 31.7 Å². The lowest BCUT2D eigenvalue weighted by molar-refractivity contribution is 0.0954. The Balaban J connectivity index is 1.46. The summed E-state index contributed by atoms with van der Waals surface area (Å²) < 4.78 is 0. The Hall–Kier alpha value is -0.0800. The van der Waals surface area contributed by atoms with Gasteiger partial charge in [-0.25, -0.2) is 0 Å². The first-order chi connectivity index (χ1) is 8.86. The lowest BCUT2D eigenvalue weighted by Gasteiger charge is -2.42. The van der Waals surface area contributed by atoms with Crippen LogP contribution in [0.3, 0.4) is 0 Å². The third-order valence-corrected chi connectivity index (χ3v) is 5.46. The van der Waals surface area contributed by atoms with Crippen LogP contribution in [0.2, 0.25) is 0 Å². The van der Waals surface area contributed by atoms with Gasteiger partial charge in [0.2, 0.25) is 0 Å². The number of nitrogens with zero attached hydrogens (tertiary/aromatic N) is 1. The topological polar surface area (TPSA) is 15.3 Å². The predicted octanol–water partition coefficient (Wildman–Crippen LogP) is 3.03. The molecule has 2 heteroatoms. The van der Waals surface area contributed by atoms with Crippen molar-refractivity contribution < 1.29 is 0 Å². The quantitative estimate of drug-likeness (QED) is 0.825. The molecule has 1 heterocycles. The van der Waals surface area contributed by atoms with E-state index in [1.807, 2.05) is 0 Å². The summed E-state index contributed by atoms with van der Waals surface area (Å²) in [5.41, 5.74) is 0. The Kier molecular flexibility index (Phi) is 4.25. The molecule has 1 N–H and O–H groups in total. The van der Waals surface area contributed by atoms with Gasteiger partial charge in [0.25, 0.3) is 0 Å². The second kappa shape index (κ2) is 5.92. The van der Waals surface area contributed by atoms with Gasteiger partial charge >= 0.3 is 0 Å². The van der Waals surface area contributed by atoms with E-state index in [0.29, 0.717) is 0 Å². The molecular formula is C16H30N2. The van der Waals surface area contributed by atoms with Crippen LogP contribution in [-0.4, -0.2) is 36.6 Å². The summed E-state index contributed by atoms with van der Waals surface area (Å²) in [5, 5.41) is 3.74. The SMILES string of the molecule is CCCC1CCC(N2CCNC(C3CC3)C2)CC1. The van der Waals surface area contributed by atoms with Gasteiger partial charge in [-0.2, -0.15) is 0 Å². The molecule has 0 aromatic carbocycles. The molecule has 3 fully saturated rings. The van der Waals surface area contributed by atoms with E-state index < -0.39 is 0 Å². The van der Waals surface area contributed by atoms with Crippen LogP contribution >= 0.6 is 0 Å². The Morgan fingerprint density at radius 2 is 1.83 bits per heavy atom. The lowest BCUT2D eigenvalue weighted by Crippen LogP contribution is -2.55. The average molecular weight is 250 g/mol. The van der Waals surface area contributed by atoms with Crippen molar-refractivity contribution in [2.24, 2.45) is 11.8 Å². The van der Waals surface area contributed by atoms with Gasteiger partial charge in [-0.15, -0.1) is 0 Å². The molecule has 0 bridgehead atoms. The summed E-state index contributed by atoms with van der Waals surface area (Å²) in [7, 11) is 0. The van der Waals surface area contributed by atoms with E-state index in [1.165, 1.54) is 71.0 Å². The minimum absolute atomic E-state index is 0.826. The van der Waals surface area contributed by atoms with E-state index >= 15 is 0 Å². The van der Waals surface area contributed by atoms with Crippen LogP contribution in [0.1, 0.15) is 58.3 Å². The minimum Gasteiger partial charge on any atom is -0.311 e. The fourth-order valence-electron chi connectivity index (χ4n) is 4.15. The second-order valence-electron chi connectivity index (χ2n) is 6.86. The van der Waals surface area contributed by atoms with Crippen LogP contribution in [0.5, 0.6) is 0 Å². The Morgan fingerprint density at radius 1 is 1.06 bits per heavy atom. The number of piperazine rings is 1. The highest BCUT2D eigenvalue weighted by Gasteiger charge is 2.36. The molecule has 1 aliphatic heterocycles. The maximum atomic E-state index is 3.74. The molecule has 2 saturated carbocycles. The van der Waals surface area contributed by atoms with E-state index in [2.05, 4.69) is 17.1 Å². The molecule has 1 unspecified atom stereocenters. The van der Waals surface area contributed by atoms with Crippen LogP contribution in [0, 0.1) is 11.8 Å². The van der Waals surface area contributed by atoms with Crippen molar-refractivity contribution in [2.45, 2.75) is 70.4 Å². The molecule has 0 aromatic rings. The first-order valence-electron chi connectivity index (χ1n) is 8.34. The zero-order valence-corrected chi connectivity index (χ0v) is 12.0. The van der Waals surface area contributed by atoms with Crippen molar-refractivity contribution in [3.05, 3.63) is 0 Å². The van der Waals surface area contributed by atoms with Crippen molar-refractivity contribution in [1.82, 2.24) is 10.2 Å². The van der Waals surface area contributed by atoms with Gasteiger partial charge in [-0.3, -0.25) is 4.90 Å². The predicted molar refractivity (Wildman–Crippen MR) is 76.7 cm³/mol. The third-order valence-electron chi connectivity index (χ3n) is 5.46. The van der Waals surface area contributed by atoms with Crippen molar-refractivity contribution in [1.29, 1.82) is 0 Å². The Bertz CT molecular complexity index is 254. The fourth-order valence-corrected chi connectivity index (χ4v) is 4.15. The van der Waals surface area contributed by atoms with E-state index in [0.717, 1.165) is 23.9 Å². The van der Waals surface area contributed by atoms with Crippen molar-refractivity contribution in [2.75, 3.05) is 19.6 Å². The molecule has 104 valence electrons. The van der Waals surface area contributed by atoms with Gasteiger partial charge < -0.3 is 5.32 Å². The highest BCUT2D eigenvalue weighted by Crippen LogP contribution is 2.35. The minimum atomic E-state index is 0.826. The largest absolute Gasteiger partial charge is 0.311 e. The van der Waals surface area contributed by atoms with Crippen LogP contribution in [0.4, 0.5) is 0 Å². The summed E-state index contributed by atoms with van der Waals surface area (Å²) >= 11 is 0. The smallest absolute Gasteiger partial charge is 0.0223 e. The van der Waals surface area contributed by atoms with E-state index in [-0.39, 0.29) is 0 Å². The Labute approximate surface area is 113 Å². The van der Waals surface area contributed by atoms with Crippen molar-refractivity contribution in [3.8, 4) is 0 Å². The summed E-state index contributed by atoms with van der Waals surface area (Å²) in [6.07, 6.45) is 11.8. The van der Waals surface area contributed by atoms with E-state index in [1.54, 1.807) is 0 Å². The molecule has 2 nitrogen and oxygen atoms in total. The zero-order chi connectivity index (χ0) is 12.4. The summed E-state index contributed by atoms with van der Waals surface area (Å²) in [6.45, 7) is 6.21. The van der Waals surface area contributed by atoms with Gasteiger partial charge in [0.1, 0.15) is 0 Å². The summed E-state index contributed by atoms with van der Waals surface area (Å²) in [6, 6.07) is 1.74. The molecule has 3 aliphatic rings. The van der Waals surface area contributed by atoms with Crippen molar-refractivity contribution in [3.63, 3.8) is 0 Å². The normalized spacial score (nSPS) is 38.8. The molecule has 2 aliphatic carbocycles. The number of hydrogen-bond donors (Lipinski definition) is 1. The van der Waals surface area contributed by atoms with Crippen LogP contribution in [-0.2, 0) is 0 Å². The van der Waals surface area contributed by atoms with Gasteiger partial charge in [-0.1, -0.05) is 19.8 Å². The molecule has 0 aromatic heterocycles. The lowest BCUT2D eigenvalue weighted by atomic mass is 9.82. The monoisotopic (exact) mass is 250 g/mol. The van der Waals surface area contributed by atoms with Gasteiger partial charge in [0.15, 0.2) is 0 Å². The van der Waals surface area contributed by atoms with E-state index in [9.17, 15) is 0 Å². The molecule has 1 saturated heterocycles. The second-order valence-corrected chi connectivity index (χ2v) is 6.86. The van der Waals surface area contributed by atoms with Crippen LogP contribution < -0.4 is 5.32 Å². The van der Waals surface area contributed by atoms with Gasteiger partial charge in [0.05, 0.1) is 0 Å². The third kappa shape index (κ3) is 3.08. The first-order valence-corrected chi connectivity index (χ1v) is 8.34. The maximum absolute atomic E-state index is 3.74. The highest BCUT2D eigenvalue weighted by molar-refractivity contribution is 4.93. The molecule has 3 rings (SSSR count). The fraction of sp³-hybridized carbons (Fsp3) is 1.00. The molecular weight excluding hydrogens is 220 g/mol. The average Bonchev–Trinajstić information content (AvgIpc) is 3.25. The molecule has 1 atom stereocenters. The number of hydrogen-bond acceptors (Lipinski definition) is 2. The summed E-state index contributed by atoms with van der Waals surface area (Å²) in [4.78, 5) is 2.82. The van der Waals surface area contributed by atoms with Crippen molar-refractivity contribution >= 4 is 0 Å². The summed E-state index contributed by atoms with van der Waals surface area (Å²) in [5.74, 6) is 2.07. The highest BCUT2D eigenvalue weighted by atomic mass is 15.2.